The standard InChI is InChI=1S/C12H13NO2/c1-9-3-5-12(6-4-9)15-8-11-7-14-10(2)13-11/h3-7H,8H2,1-2H3. The van der Waals surface area contributed by atoms with Crippen LogP contribution in [-0.4, -0.2) is 4.98 Å². The van der Waals surface area contributed by atoms with Gasteiger partial charge in [-0.2, -0.15) is 0 Å². The molecule has 0 aliphatic heterocycles. The molecule has 15 heavy (non-hydrogen) atoms. The lowest BCUT2D eigenvalue weighted by molar-refractivity contribution is 0.301. The molecule has 0 aliphatic rings. The van der Waals surface area contributed by atoms with Gasteiger partial charge in [-0.15, -0.1) is 0 Å². The molecule has 0 atom stereocenters. The van der Waals surface area contributed by atoms with Gasteiger partial charge in [-0.05, 0) is 19.1 Å². The van der Waals surface area contributed by atoms with Crippen molar-refractivity contribution < 1.29 is 9.15 Å². The first-order valence-electron chi connectivity index (χ1n) is 4.84. The Balaban J connectivity index is 1.96. The Kier molecular flexibility index (Phi) is 2.72. The summed E-state index contributed by atoms with van der Waals surface area (Å²) in [7, 11) is 0. The van der Waals surface area contributed by atoms with Crippen molar-refractivity contribution in [1.29, 1.82) is 0 Å². The minimum atomic E-state index is 0.445. The summed E-state index contributed by atoms with van der Waals surface area (Å²) in [6, 6.07) is 7.93. The minimum absolute atomic E-state index is 0.445. The summed E-state index contributed by atoms with van der Waals surface area (Å²) >= 11 is 0. The normalized spacial score (nSPS) is 10.3. The van der Waals surface area contributed by atoms with Crippen molar-refractivity contribution in [1.82, 2.24) is 4.98 Å². The molecular formula is C12H13NO2. The van der Waals surface area contributed by atoms with Gasteiger partial charge in [0.2, 0.25) is 0 Å². The molecule has 0 N–H and O–H groups in total. The molecule has 0 amide bonds. The predicted molar refractivity (Wildman–Crippen MR) is 56.8 cm³/mol. The lowest BCUT2D eigenvalue weighted by atomic mass is 10.2. The minimum Gasteiger partial charge on any atom is -0.487 e. The van der Waals surface area contributed by atoms with Crippen LogP contribution in [0, 0.1) is 13.8 Å². The van der Waals surface area contributed by atoms with Crippen LogP contribution in [0.25, 0.3) is 0 Å². The molecular weight excluding hydrogens is 190 g/mol. The lowest BCUT2D eigenvalue weighted by Crippen LogP contribution is -1.95. The van der Waals surface area contributed by atoms with Gasteiger partial charge >= 0.3 is 0 Å². The van der Waals surface area contributed by atoms with E-state index in [2.05, 4.69) is 4.98 Å². The van der Waals surface area contributed by atoms with Crippen molar-refractivity contribution >= 4 is 0 Å². The first-order chi connectivity index (χ1) is 7.24. The summed E-state index contributed by atoms with van der Waals surface area (Å²) in [6.45, 7) is 4.31. The molecule has 0 radical (unpaired) electrons. The fourth-order valence-corrected chi connectivity index (χ4v) is 1.27. The van der Waals surface area contributed by atoms with Crippen molar-refractivity contribution in [3.8, 4) is 5.75 Å². The van der Waals surface area contributed by atoms with Crippen molar-refractivity contribution in [3.05, 3.63) is 47.7 Å². The maximum atomic E-state index is 5.54. The van der Waals surface area contributed by atoms with E-state index in [4.69, 9.17) is 9.15 Å². The number of hydrogen-bond donors (Lipinski definition) is 0. The number of oxazole rings is 1. The summed E-state index contributed by atoms with van der Waals surface area (Å²) < 4.78 is 10.6. The second-order valence-corrected chi connectivity index (χ2v) is 3.46. The fraction of sp³-hybridized carbons (Fsp3) is 0.250. The van der Waals surface area contributed by atoms with Crippen LogP contribution in [0.5, 0.6) is 5.75 Å². The topological polar surface area (TPSA) is 35.3 Å². The number of aromatic nitrogens is 1. The van der Waals surface area contributed by atoms with Gasteiger partial charge in [-0.3, -0.25) is 0 Å². The van der Waals surface area contributed by atoms with Crippen molar-refractivity contribution in [3.63, 3.8) is 0 Å². The van der Waals surface area contributed by atoms with E-state index in [-0.39, 0.29) is 0 Å². The Bertz CT molecular complexity index is 431. The second kappa shape index (κ2) is 4.17. The summed E-state index contributed by atoms with van der Waals surface area (Å²) in [5.74, 6) is 1.51. The predicted octanol–water partition coefficient (Wildman–Crippen LogP) is 2.87. The van der Waals surface area contributed by atoms with Gasteiger partial charge < -0.3 is 9.15 Å². The molecule has 1 aromatic heterocycles. The van der Waals surface area contributed by atoms with Crippen LogP contribution in [0.4, 0.5) is 0 Å². The summed E-state index contributed by atoms with van der Waals surface area (Å²) in [5, 5.41) is 0. The largest absolute Gasteiger partial charge is 0.487 e. The molecule has 0 aliphatic carbocycles. The fourth-order valence-electron chi connectivity index (χ4n) is 1.27. The third-order valence-corrected chi connectivity index (χ3v) is 2.07. The van der Waals surface area contributed by atoms with E-state index in [1.54, 1.807) is 6.26 Å². The van der Waals surface area contributed by atoms with E-state index in [1.165, 1.54) is 5.56 Å². The maximum Gasteiger partial charge on any atom is 0.191 e. The second-order valence-electron chi connectivity index (χ2n) is 3.46. The Hall–Kier alpha value is -1.77. The van der Waals surface area contributed by atoms with E-state index in [9.17, 15) is 0 Å². The maximum absolute atomic E-state index is 5.54. The van der Waals surface area contributed by atoms with E-state index >= 15 is 0 Å². The van der Waals surface area contributed by atoms with E-state index < -0.39 is 0 Å². The van der Waals surface area contributed by atoms with Gasteiger partial charge in [0.15, 0.2) is 5.89 Å². The molecule has 0 bridgehead atoms. The number of hydrogen-bond acceptors (Lipinski definition) is 3. The molecule has 0 spiro atoms. The van der Waals surface area contributed by atoms with Gasteiger partial charge in [0.25, 0.3) is 0 Å². The van der Waals surface area contributed by atoms with Gasteiger partial charge in [0.1, 0.15) is 24.3 Å². The van der Waals surface area contributed by atoms with E-state index in [1.807, 2.05) is 38.1 Å². The lowest BCUT2D eigenvalue weighted by Gasteiger charge is -2.03. The van der Waals surface area contributed by atoms with Crippen molar-refractivity contribution in [2.24, 2.45) is 0 Å². The van der Waals surface area contributed by atoms with Gasteiger partial charge in [0, 0.05) is 6.92 Å². The van der Waals surface area contributed by atoms with Crippen molar-refractivity contribution in [2.45, 2.75) is 20.5 Å². The van der Waals surface area contributed by atoms with E-state index in [0.717, 1.165) is 11.4 Å². The van der Waals surface area contributed by atoms with Crippen LogP contribution in [0.15, 0.2) is 34.9 Å². The zero-order valence-electron chi connectivity index (χ0n) is 8.86. The SMILES string of the molecule is Cc1ccc(OCc2coc(C)n2)cc1. The number of ether oxygens (including phenoxy) is 1. The molecule has 0 fully saturated rings. The van der Waals surface area contributed by atoms with Crippen LogP contribution in [0.2, 0.25) is 0 Å². The monoisotopic (exact) mass is 203 g/mol. The molecule has 1 heterocycles. The Morgan fingerprint density at radius 1 is 1.20 bits per heavy atom. The summed E-state index contributed by atoms with van der Waals surface area (Å²) in [6.07, 6.45) is 1.61. The van der Waals surface area contributed by atoms with Crippen LogP contribution in [0.1, 0.15) is 17.1 Å². The third kappa shape index (κ3) is 2.59. The molecule has 78 valence electrons. The number of aryl methyl sites for hydroxylation is 2. The summed E-state index contributed by atoms with van der Waals surface area (Å²) in [4.78, 5) is 4.15. The average Bonchev–Trinajstić information content (AvgIpc) is 2.64. The van der Waals surface area contributed by atoms with E-state index in [0.29, 0.717) is 12.5 Å². The third-order valence-electron chi connectivity index (χ3n) is 2.07. The first kappa shape index (κ1) is 9.77. The van der Waals surface area contributed by atoms with Gasteiger partial charge in [-0.25, -0.2) is 4.98 Å². The molecule has 2 aromatic rings. The average molecular weight is 203 g/mol. The number of benzene rings is 1. The van der Waals surface area contributed by atoms with Crippen LogP contribution >= 0.6 is 0 Å². The zero-order valence-corrected chi connectivity index (χ0v) is 8.86. The quantitative estimate of drug-likeness (QED) is 0.769. The van der Waals surface area contributed by atoms with Crippen LogP contribution in [0.3, 0.4) is 0 Å². The van der Waals surface area contributed by atoms with Crippen LogP contribution < -0.4 is 4.74 Å². The highest BCUT2D eigenvalue weighted by Crippen LogP contribution is 2.13. The molecule has 3 nitrogen and oxygen atoms in total. The highest BCUT2D eigenvalue weighted by molar-refractivity contribution is 5.26. The highest BCUT2D eigenvalue weighted by Gasteiger charge is 2.00. The number of rotatable bonds is 3. The molecule has 1 aromatic carbocycles. The summed E-state index contributed by atoms with van der Waals surface area (Å²) in [5.41, 5.74) is 2.03. The van der Waals surface area contributed by atoms with Crippen LogP contribution in [-0.2, 0) is 6.61 Å². The Morgan fingerprint density at radius 3 is 2.53 bits per heavy atom. The molecule has 2 rings (SSSR count). The molecule has 3 heteroatoms. The van der Waals surface area contributed by atoms with Crippen molar-refractivity contribution in [2.75, 3.05) is 0 Å². The zero-order chi connectivity index (χ0) is 10.7. The Morgan fingerprint density at radius 2 is 1.93 bits per heavy atom. The highest BCUT2D eigenvalue weighted by atomic mass is 16.5. The smallest absolute Gasteiger partial charge is 0.191 e. The molecule has 0 saturated carbocycles. The number of nitrogens with zero attached hydrogens (tertiary/aromatic N) is 1. The van der Waals surface area contributed by atoms with Gasteiger partial charge in [-0.1, -0.05) is 17.7 Å². The molecule has 0 unspecified atom stereocenters. The Labute approximate surface area is 88.7 Å². The molecule has 0 saturated heterocycles. The van der Waals surface area contributed by atoms with Gasteiger partial charge in [0.05, 0.1) is 0 Å². The first-order valence-corrected chi connectivity index (χ1v) is 4.84.